The van der Waals surface area contributed by atoms with Crippen LogP contribution in [-0.4, -0.2) is 85.9 Å². The second-order valence-corrected chi connectivity index (χ2v) is 5.61. The van der Waals surface area contributed by atoms with Crippen molar-refractivity contribution < 1.29 is 9.59 Å². The third-order valence-corrected chi connectivity index (χ3v) is 3.62. The highest BCUT2D eigenvalue weighted by molar-refractivity contribution is 5.78. The van der Waals surface area contributed by atoms with E-state index in [0.29, 0.717) is 13.0 Å². The number of rotatable bonds is 6. The zero-order chi connectivity index (χ0) is 15.1. The molecule has 6 heteroatoms. The van der Waals surface area contributed by atoms with Gasteiger partial charge in [0, 0.05) is 52.7 Å². The predicted molar refractivity (Wildman–Crippen MR) is 79.5 cm³/mol. The van der Waals surface area contributed by atoms with Crippen molar-refractivity contribution >= 4 is 11.8 Å². The average molecular weight is 284 g/mol. The number of hydrogen-bond acceptors (Lipinski definition) is 4. The van der Waals surface area contributed by atoms with Crippen LogP contribution < -0.4 is 5.32 Å². The van der Waals surface area contributed by atoms with Gasteiger partial charge in [-0.25, -0.2) is 0 Å². The van der Waals surface area contributed by atoms with Crippen LogP contribution in [0.25, 0.3) is 0 Å². The zero-order valence-corrected chi connectivity index (χ0v) is 13.2. The van der Waals surface area contributed by atoms with Crippen molar-refractivity contribution in [3.63, 3.8) is 0 Å². The Balaban J connectivity index is 2.31. The maximum absolute atomic E-state index is 12.1. The van der Waals surface area contributed by atoms with Gasteiger partial charge in [0.05, 0.1) is 6.54 Å². The van der Waals surface area contributed by atoms with Gasteiger partial charge in [-0.1, -0.05) is 6.92 Å². The fraction of sp³-hybridized carbons (Fsp3) is 0.857. The normalized spacial score (nSPS) is 17.9. The largest absolute Gasteiger partial charge is 0.348 e. The first-order valence-electron chi connectivity index (χ1n) is 7.37. The molecule has 0 bridgehead atoms. The highest BCUT2D eigenvalue weighted by Crippen LogP contribution is 2.05. The van der Waals surface area contributed by atoms with Gasteiger partial charge in [-0.2, -0.15) is 0 Å². The van der Waals surface area contributed by atoms with Crippen molar-refractivity contribution in [2.75, 3.05) is 53.4 Å². The lowest BCUT2D eigenvalue weighted by Crippen LogP contribution is -2.51. The van der Waals surface area contributed by atoms with Crippen LogP contribution in [0.2, 0.25) is 0 Å². The first kappa shape index (κ1) is 16.9. The molecule has 1 heterocycles. The molecule has 1 saturated heterocycles. The summed E-state index contributed by atoms with van der Waals surface area (Å²) in [5.41, 5.74) is 0. The summed E-state index contributed by atoms with van der Waals surface area (Å²) >= 11 is 0. The third kappa shape index (κ3) is 5.46. The van der Waals surface area contributed by atoms with Crippen LogP contribution in [0.3, 0.4) is 0 Å². The number of nitrogens with one attached hydrogen (secondary N) is 1. The summed E-state index contributed by atoms with van der Waals surface area (Å²) in [5, 5.41) is 3.25. The molecule has 0 saturated carbocycles. The first-order valence-corrected chi connectivity index (χ1v) is 7.37. The lowest BCUT2D eigenvalue weighted by Gasteiger charge is -2.35. The van der Waals surface area contributed by atoms with Crippen LogP contribution in [-0.2, 0) is 9.59 Å². The fourth-order valence-electron chi connectivity index (χ4n) is 2.30. The quantitative estimate of drug-likeness (QED) is 0.721. The molecule has 1 aliphatic heterocycles. The lowest BCUT2D eigenvalue weighted by molar-refractivity contribution is -0.134. The lowest BCUT2D eigenvalue weighted by atomic mass is 10.2. The van der Waals surface area contributed by atoms with E-state index in [4.69, 9.17) is 0 Å². The van der Waals surface area contributed by atoms with Crippen molar-refractivity contribution in [2.45, 2.75) is 26.3 Å². The van der Waals surface area contributed by atoms with Gasteiger partial charge < -0.3 is 15.1 Å². The van der Waals surface area contributed by atoms with Crippen molar-refractivity contribution in [1.29, 1.82) is 0 Å². The van der Waals surface area contributed by atoms with Crippen molar-refractivity contribution in [2.24, 2.45) is 0 Å². The summed E-state index contributed by atoms with van der Waals surface area (Å²) in [5.74, 6) is 0.322. The maximum atomic E-state index is 12.1. The van der Waals surface area contributed by atoms with Crippen LogP contribution in [0.5, 0.6) is 0 Å². The van der Waals surface area contributed by atoms with Gasteiger partial charge >= 0.3 is 0 Å². The molecule has 1 aliphatic rings. The Morgan fingerprint density at radius 3 is 2.30 bits per heavy atom. The van der Waals surface area contributed by atoms with E-state index in [1.807, 2.05) is 18.7 Å². The molecule has 1 fully saturated rings. The number of carbonyl (C=O) groups is 2. The average Bonchev–Trinajstić information content (AvgIpc) is 2.39. The highest BCUT2D eigenvalue weighted by Gasteiger charge is 2.23. The van der Waals surface area contributed by atoms with Gasteiger partial charge in [-0.05, 0) is 13.5 Å². The molecule has 20 heavy (non-hydrogen) atoms. The molecule has 0 aliphatic carbocycles. The van der Waals surface area contributed by atoms with E-state index in [0.717, 1.165) is 32.7 Å². The Labute approximate surface area is 122 Å². The van der Waals surface area contributed by atoms with E-state index < -0.39 is 0 Å². The van der Waals surface area contributed by atoms with Gasteiger partial charge in [0.1, 0.15) is 0 Å². The summed E-state index contributed by atoms with van der Waals surface area (Å²) in [6.45, 7) is 8.41. The minimum Gasteiger partial charge on any atom is -0.348 e. The van der Waals surface area contributed by atoms with Crippen LogP contribution in [0.15, 0.2) is 0 Å². The molecule has 0 aromatic carbocycles. The van der Waals surface area contributed by atoms with Crippen LogP contribution >= 0.6 is 0 Å². The number of nitrogens with zero attached hydrogens (tertiary/aromatic N) is 3. The van der Waals surface area contributed by atoms with E-state index in [1.54, 1.807) is 19.0 Å². The molecule has 2 amide bonds. The van der Waals surface area contributed by atoms with Crippen molar-refractivity contribution in [3.05, 3.63) is 0 Å². The highest BCUT2D eigenvalue weighted by atomic mass is 16.2. The molecule has 0 spiro atoms. The van der Waals surface area contributed by atoms with Gasteiger partial charge in [0.15, 0.2) is 0 Å². The van der Waals surface area contributed by atoms with Crippen LogP contribution in [0.1, 0.15) is 20.3 Å². The van der Waals surface area contributed by atoms with E-state index in [2.05, 4.69) is 10.2 Å². The summed E-state index contributed by atoms with van der Waals surface area (Å²) < 4.78 is 0. The number of likely N-dealkylation sites (N-methyl/N-ethyl adjacent to an activating group) is 1. The monoisotopic (exact) mass is 284 g/mol. The minimum atomic E-state index is 0.116. The van der Waals surface area contributed by atoms with Crippen LogP contribution in [0.4, 0.5) is 0 Å². The smallest absolute Gasteiger partial charge is 0.236 e. The summed E-state index contributed by atoms with van der Waals surface area (Å²) in [6.07, 6.45) is 0.546. The van der Waals surface area contributed by atoms with Gasteiger partial charge in [-0.3, -0.25) is 14.5 Å². The van der Waals surface area contributed by atoms with E-state index in [-0.39, 0.29) is 17.9 Å². The Kier molecular flexibility index (Phi) is 6.95. The molecule has 1 N–H and O–H groups in total. The number of amides is 2. The molecule has 0 aromatic rings. The molecule has 6 nitrogen and oxygen atoms in total. The summed E-state index contributed by atoms with van der Waals surface area (Å²) in [6, 6.07) is 0.223. The third-order valence-electron chi connectivity index (χ3n) is 3.62. The van der Waals surface area contributed by atoms with Crippen LogP contribution in [0, 0.1) is 0 Å². The van der Waals surface area contributed by atoms with Gasteiger partial charge in [0.25, 0.3) is 0 Å². The molecule has 0 radical (unpaired) electrons. The second kappa shape index (κ2) is 8.21. The van der Waals surface area contributed by atoms with Gasteiger partial charge in [0.2, 0.25) is 11.8 Å². The Hall–Kier alpha value is -1.14. The topological polar surface area (TPSA) is 55.9 Å². The summed E-state index contributed by atoms with van der Waals surface area (Å²) in [4.78, 5) is 29.4. The first-order chi connectivity index (χ1) is 9.43. The van der Waals surface area contributed by atoms with E-state index in [1.165, 1.54) is 0 Å². The maximum Gasteiger partial charge on any atom is 0.236 e. The van der Waals surface area contributed by atoms with E-state index >= 15 is 0 Å². The number of carbonyl (C=O) groups excluding carboxylic acids is 2. The minimum absolute atomic E-state index is 0.116. The Morgan fingerprint density at radius 2 is 1.80 bits per heavy atom. The predicted octanol–water partition coefficient (Wildman–Crippen LogP) is -0.393. The van der Waals surface area contributed by atoms with E-state index in [9.17, 15) is 9.59 Å². The molecule has 0 aromatic heterocycles. The Bertz CT molecular complexity index is 325. The zero-order valence-electron chi connectivity index (χ0n) is 13.2. The second-order valence-electron chi connectivity index (χ2n) is 5.61. The molecular weight excluding hydrogens is 256 g/mol. The fourth-order valence-corrected chi connectivity index (χ4v) is 2.30. The molecule has 1 unspecified atom stereocenters. The molecule has 1 atom stereocenters. The molecule has 1 rings (SSSR count). The standard InChI is InChI=1S/C14H28N4O2/c1-5-15-12(2)10-13(19)18-8-6-17(7-9-18)11-14(20)16(3)4/h12,15H,5-11H2,1-4H3. The summed E-state index contributed by atoms with van der Waals surface area (Å²) in [7, 11) is 3.54. The van der Waals surface area contributed by atoms with Crippen molar-refractivity contribution in [1.82, 2.24) is 20.0 Å². The Morgan fingerprint density at radius 1 is 1.20 bits per heavy atom. The molecular formula is C14H28N4O2. The molecule has 116 valence electrons. The SMILES string of the molecule is CCNC(C)CC(=O)N1CCN(CC(=O)N(C)C)CC1. The van der Waals surface area contributed by atoms with Gasteiger partial charge in [-0.15, -0.1) is 0 Å². The number of piperazine rings is 1. The number of hydrogen-bond donors (Lipinski definition) is 1. The van der Waals surface area contributed by atoms with Crippen molar-refractivity contribution in [3.8, 4) is 0 Å².